The molecule has 0 saturated heterocycles. The Kier molecular flexibility index (Phi) is 12.8. The molecule has 1 fully saturated rings. The molecule has 0 radical (unpaired) electrons. The van der Waals surface area contributed by atoms with Gasteiger partial charge < -0.3 is 14.2 Å². The van der Waals surface area contributed by atoms with E-state index in [9.17, 15) is 9.18 Å². The van der Waals surface area contributed by atoms with Crippen LogP contribution in [-0.2, 0) is 0 Å². The van der Waals surface area contributed by atoms with Crippen molar-refractivity contribution in [1.29, 1.82) is 0 Å². The lowest BCUT2D eigenvalue weighted by Crippen LogP contribution is -2.15. The zero-order chi connectivity index (χ0) is 26.3. The fourth-order valence-electron chi connectivity index (χ4n) is 5.18. The summed E-state index contributed by atoms with van der Waals surface area (Å²) in [4.78, 5) is 12.5. The van der Waals surface area contributed by atoms with Crippen LogP contribution in [0.1, 0.15) is 108 Å². The Bertz CT molecular complexity index is 919. The second-order valence-electron chi connectivity index (χ2n) is 10.4. The van der Waals surface area contributed by atoms with Gasteiger partial charge in [0, 0.05) is 0 Å². The van der Waals surface area contributed by atoms with Crippen LogP contribution >= 0.6 is 0 Å². The Balaban J connectivity index is 1.35. The minimum absolute atomic E-state index is 0.150. The van der Waals surface area contributed by atoms with Gasteiger partial charge in [-0.15, -0.1) is 0 Å². The fourth-order valence-corrected chi connectivity index (χ4v) is 5.18. The predicted octanol–water partition coefficient (Wildman–Crippen LogP) is 9.16. The molecule has 0 N–H and O–H groups in total. The molecule has 4 nitrogen and oxygen atoms in total. The van der Waals surface area contributed by atoms with E-state index in [4.69, 9.17) is 14.2 Å². The van der Waals surface area contributed by atoms with Gasteiger partial charge in [-0.1, -0.05) is 78.1 Å². The number of benzene rings is 2. The molecule has 2 aromatic rings. The summed E-state index contributed by atoms with van der Waals surface area (Å²) in [5, 5.41) is 0. The summed E-state index contributed by atoms with van der Waals surface area (Å²) in [6.07, 6.45) is 16.0. The molecule has 0 aromatic heterocycles. The first-order valence-corrected chi connectivity index (χ1v) is 14.5. The molecule has 0 bridgehead atoms. The summed E-state index contributed by atoms with van der Waals surface area (Å²) in [5.41, 5.74) is 0.150. The topological polar surface area (TPSA) is 44.8 Å². The maximum Gasteiger partial charge on any atom is 0.343 e. The van der Waals surface area contributed by atoms with E-state index in [1.54, 1.807) is 24.3 Å². The number of carbonyl (C=O) groups is 1. The van der Waals surface area contributed by atoms with Crippen molar-refractivity contribution >= 4 is 5.97 Å². The van der Waals surface area contributed by atoms with Gasteiger partial charge in [-0.25, -0.2) is 9.18 Å². The van der Waals surface area contributed by atoms with E-state index in [-0.39, 0.29) is 11.3 Å². The zero-order valence-corrected chi connectivity index (χ0v) is 22.8. The smallest absolute Gasteiger partial charge is 0.343 e. The largest absolute Gasteiger partial charge is 0.494 e. The SMILES string of the molecule is CCCCCCCOc1ccc(C(=O)Oc2ccc(OCCCC3CCC(CCC)CC3)cc2)cc1F. The highest BCUT2D eigenvalue weighted by atomic mass is 19.1. The van der Waals surface area contributed by atoms with Crippen molar-refractivity contribution < 1.29 is 23.4 Å². The van der Waals surface area contributed by atoms with Crippen molar-refractivity contribution in [3.63, 3.8) is 0 Å². The summed E-state index contributed by atoms with van der Waals surface area (Å²) in [5.74, 6) is 1.96. The second kappa shape index (κ2) is 16.3. The standard InChI is InChI=1S/C32H45FO4/c1-3-5-6-7-8-22-36-31-21-16-27(24-30(31)33)32(34)37-29-19-17-28(18-20-29)35-23-9-11-26-14-12-25(10-4-2)13-15-26/h16-21,24-26H,3-15,22-23H2,1-2H3. The van der Waals surface area contributed by atoms with E-state index < -0.39 is 11.8 Å². The average molecular weight is 513 g/mol. The third kappa shape index (κ3) is 10.4. The maximum atomic E-state index is 14.4. The number of hydrogen-bond acceptors (Lipinski definition) is 4. The van der Waals surface area contributed by atoms with Gasteiger partial charge in [-0.2, -0.15) is 0 Å². The Labute approximate surface area is 222 Å². The molecule has 1 aliphatic rings. The number of unbranched alkanes of at least 4 members (excludes halogenated alkanes) is 4. The van der Waals surface area contributed by atoms with E-state index in [0.29, 0.717) is 19.0 Å². The molecule has 0 atom stereocenters. The van der Waals surface area contributed by atoms with Crippen LogP contribution in [0, 0.1) is 17.7 Å². The number of carbonyl (C=O) groups excluding carboxylic acids is 1. The molecule has 37 heavy (non-hydrogen) atoms. The van der Waals surface area contributed by atoms with Crippen LogP contribution in [0.3, 0.4) is 0 Å². The zero-order valence-electron chi connectivity index (χ0n) is 22.8. The van der Waals surface area contributed by atoms with Crippen molar-refractivity contribution in [3.05, 3.63) is 53.8 Å². The number of halogens is 1. The summed E-state index contributed by atoms with van der Waals surface area (Å²) in [6, 6.07) is 11.2. The normalized spacial score (nSPS) is 17.4. The number of ether oxygens (including phenoxy) is 3. The molecule has 3 rings (SSSR count). The third-order valence-electron chi connectivity index (χ3n) is 7.40. The van der Waals surface area contributed by atoms with Crippen molar-refractivity contribution in [1.82, 2.24) is 0 Å². The molecule has 0 aliphatic heterocycles. The third-order valence-corrected chi connectivity index (χ3v) is 7.40. The summed E-state index contributed by atoms with van der Waals surface area (Å²) in [7, 11) is 0. The Morgan fingerprint density at radius 1 is 0.757 bits per heavy atom. The molecule has 204 valence electrons. The second-order valence-corrected chi connectivity index (χ2v) is 10.4. The van der Waals surface area contributed by atoms with E-state index in [1.807, 2.05) is 0 Å². The monoisotopic (exact) mass is 512 g/mol. The van der Waals surface area contributed by atoms with Gasteiger partial charge in [0.05, 0.1) is 18.8 Å². The van der Waals surface area contributed by atoms with E-state index in [1.165, 1.54) is 82.4 Å². The van der Waals surface area contributed by atoms with Gasteiger partial charge in [-0.05, 0) is 73.6 Å². The van der Waals surface area contributed by atoms with Gasteiger partial charge in [0.15, 0.2) is 11.6 Å². The fraction of sp³-hybridized carbons (Fsp3) is 0.594. The minimum Gasteiger partial charge on any atom is -0.494 e. The molecule has 1 aliphatic carbocycles. The minimum atomic E-state index is -0.604. The lowest BCUT2D eigenvalue weighted by molar-refractivity contribution is 0.0734. The summed E-state index contributed by atoms with van der Waals surface area (Å²) >= 11 is 0. The highest BCUT2D eigenvalue weighted by molar-refractivity contribution is 5.91. The lowest BCUT2D eigenvalue weighted by atomic mass is 9.78. The molecule has 0 heterocycles. The van der Waals surface area contributed by atoms with Gasteiger partial charge in [0.1, 0.15) is 11.5 Å². The van der Waals surface area contributed by atoms with Crippen molar-refractivity contribution in [2.75, 3.05) is 13.2 Å². The van der Waals surface area contributed by atoms with Gasteiger partial charge >= 0.3 is 5.97 Å². The summed E-state index contributed by atoms with van der Waals surface area (Å²) < 4.78 is 31.2. The van der Waals surface area contributed by atoms with Crippen LogP contribution in [0.15, 0.2) is 42.5 Å². The van der Waals surface area contributed by atoms with Crippen LogP contribution in [0.5, 0.6) is 17.2 Å². The number of rotatable bonds is 16. The molecule has 2 aromatic carbocycles. The van der Waals surface area contributed by atoms with Gasteiger partial charge in [0.25, 0.3) is 0 Å². The van der Waals surface area contributed by atoms with Gasteiger partial charge in [0.2, 0.25) is 0 Å². The van der Waals surface area contributed by atoms with Crippen LogP contribution in [0.25, 0.3) is 0 Å². The van der Waals surface area contributed by atoms with Gasteiger partial charge in [-0.3, -0.25) is 0 Å². The first-order chi connectivity index (χ1) is 18.1. The predicted molar refractivity (Wildman–Crippen MR) is 147 cm³/mol. The highest BCUT2D eigenvalue weighted by Gasteiger charge is 2.20. The van der Waals surface area contributed by atoms with Crippen LogP contribution in [-0.4, -0.2) is 19.2 Å². The van der Waals surface area contributed by atoms with Crippen LogP contribution in [0.4, 0.5) is 4.39 Å². The maximum absolute atomic E-state index is 14.4. The highest BCUT2D eigenvalue weighted by Crippen LogP contribution is 2.33. The molecule has 5 heteroatoms. The number of hydrogen-bond donors (Lipinski definition) is 0. The van der Waals surface area contributed by atoms with Crippen LogP contribution in [0.2, 0.25) is 0 Å². The van der Waals surface area contributed by atoms with Crippen LogP contribution < -0.4 is 14.2 Å². The molecule has 0 spiro atoms. The average Bonchev–Trinajstić information content (AvgIpc) is 2.91. The van der Waals surface area contributed by atoms with Crippen molar-refractivity contribution in [2.24, 2.45) is 11.8 Å². The van der Waals surface area contributed by atoms with Crippen molar-refractivity contribution in [3.8, 4) is 17.2 Å². The Hall–Kier alpha value is -2.56. The molecule has 0 unspecified atom stereocenters. The molecule has 1 saturated carbocycles. The first-order valence-electron chi connectivity index (χ1n) is 14.5. The Morgan fingerprint density at radius 3 is 2.08 bits per heavy atom. The lowest BCUT2D eigenvalue weighted by Gasteiger charge is -2.28. The molecular formula is C32H45FO4. The first kappa shape index (κ1) is 29.0. The van der Waals surface area contributed by atoms with E-state index in [2.05, 4.69) is 13.8 Å². The number of esters is 1. The van der Waals surface area contributed by atoms with E-state index >= 15 is 0 Å². The molecular weight excluding hydrogens is 467 g/mol. The summed E-state index contributed by atoms with van der Waals surface area (Å²) in [6.45, 7) is 5.62. The van der Waals surface area contributed by atoms with E-state index in [0.717, 1.165) is 36.8 Å². The Morgan fingerprint density at radius 2 is 1.41 bits per heavy atom. The quantitative estimate of drug-likeness (QED) is 0.128. The molecule has 0 amide bonds. The van der Waals surface area contributed by atoms with Crippen molar-refractivity contribution in [2.45, 2.75) is 97.3 Å².